The zero-order chi connectivity index (χ0) is 14.5. The number of carbonyl (C=O) groups excluding carboxylic acids is 1. The first kappa shape index (κ1) is 14.4. The molecule has 20 heavy (non-hydrogen) atoms. The van der Waals surface area contributed by atoms with Crippen molar-refractivity contribution < 1.29 is 9.53 Å². The fourth-order valence-corrected chi connectivity index (χ4v) is 2.08. The molecule has 0 fully saturated rings. The highest BCUT2D eigenvalue weighted by Crippen LogP contribution is 2.29. The van der Waals surface area contributed by atoms with Gasteiger partial charge in [-0.25, -0.2) is 0 Å². The molecule has 104 valence electrons. The van der Waals surface area contributed by atoms with E-state index in [1.54, 1.807) is 25.3 Å². The van der Waals surface area contributed by atoms with Crippen LogP contribution in [0.3, 0.4) is 0 Å². The van der Waals surface area contributed by atoms with E-state index in [-0.39, 0.29) is 11.8 Å². The molecule has 0 aliphatic heterocycles. The fraction of sp³-hybridized carbons (Fsp3) is 0.188. The van der Waals surface area contributed by atoms with Gasteiger partial charge in [0.1, 0.15) is 5.75 Å². The predicted molar refractivity (Wildman–Crippen MR) is 81.5 cm³/mol. The molecule has 1 amide bonds. The molecule has 2 aromatic carbocycles. The Morgan fingerprint density at radius 1 is 1.20 bits per heavy atom. The van der Waals surface area contributed by atoms with Crippen LogP contribution < -0.4 is 10.1 Å². The van der Waals surface area contributed by atoms with E-state index in [0.29, 0.717) is 16.5 Å². The summed E-state index contributed by atoms with van der Waals surface area (Å²) in [7, 11) is 1.56. The number of hydrogen-bond donors (Lipinski definition) is 1. The van der Waals surface area contributed by atoms with E-state index in [0.717, 1.165) is 5.56 Å². The van der Waals surface area contributed by atoms with Crippen molar-refractivity contribution in [2.75, 3.05) is 12.4 Å². The quantitative estimate of drug-likeness (QED) is 0.920. The Bertz CT molecular complexity index is 599. The zero-order valence-electron chi connectivity index (χ0n) is 11.4. The van der Waals surface area contributed by atoms with E-state index < -0.39 is 0 Å². The molecule has 3 nitrogen and oxygen atoms in total. The Labute approximate surface area is 123 Å². The highest BCUT2D eigenvalue weighted by atomic mass is 35.5. The van der Waals surface area contributed by atoms with Crippen LogP contribution in [0.25, 0.3) is 0 Å². The first-order chi connectivity index (χ1) is 9.61. The number of carbonyl (C=O) groups is 1. The highest BCUT2D eigenvalue weighted by Gasteiger charge is 2.16. The van der Waals surface area contributed by atoms with Gasteiger partial charge in [0, 0.05) is 5.02 Å². The number of benzene rings is 2. The van der Waals surface area contributed by atoms with Gasteiger partial charge in [0.05, 0.1) is 18.7 Å². The molecule has 0 aromatic heterocycles. The highest BCUT2D eigenvalue weighted by molar-refractivity contribution is 6.31. The molecule has 0 saturated carbocycles. The van der Waals surface area contributed by atoms with E-state index in [2.05, 4.69) is 5.32 Å². The SMILES string of the molecule is COc1ccc(Cl)cc1NC(=O)C(C)c1ccccc1. The van der Waals surface area contributed by atoms with Crippen LogP contribution in [0.2, 0.25) is 5.02 Å². The first-order valence-corrected chi connectivity index (χ1v) is 6.69. The smallest absolute Gasteiger partial charge is 0.231 e. The van der Waals surface area contributed by atoms with Crippen molar-refractivity contribution in [3.05, 3.63) is 59.1 Å². The Hall–Kier alpha value is -2.00. The lowest BCUT2D eigenvalue weighted by Gasteiger charge is -2.15. The van der Waals surface area contributed by atoms with Crippen molar-refractivity contribution in [2.24, 2.45) is 0 Å². The van der Waals surface area contributed by atoms with Crippen LogP contribution in [-0.4, -0.2) is 13.0 Å². The monoisotopic (exact) mass is 289 g/mol. The number of methoxy groups -OCH3 is 1. The van der Waals surface area contributed by atoms with Crippen LogP contribution in [0.4, 0.5) is 5.69 Å². The largest absolute Gasteiger partial charge is 0.495 e. The molecule has 1 unspecified atom stereocenters. The van der Waals surface area contributed by atoms with Gasteiger partial charge in [0.2, 0.25) is 5.91 Å². The third kappa shape index (κ3) is 3.31. The molecule has 0 saturated heterocycles. The van der Waals surface area contributed by atoms with Crippen molar-refractivity contribution in [3.8, 4) is 5.75 Å². The van der Waals surface area contributed by atoms with Gasteiger partial charge < -0.3 is 10.1 Å². The van der Waals surface area contributed by atoms with E-state index in [1.165, 1.54) is 0 Å². The van der Waals surface area contributed by atoms with Crippen LogP contribution in [0, 0.1) is 0 Å². The Kier molecular flexibility index (Phi) is 4.64. The zero-order valence-corrected chi connectivity index (χ0v) is 12.1. The average molecular weight is 290 g/mol. The molecule has 0 aliphatic rings. The fourth-order valence-electron chi connectivity index (χ4n) is 1.91. The third-order valence-electron chi connectivity index (χ3n) is 3.11. The van der Waals surface area contributed by atoms with Gasteiger partial charge in [0.25, 0.3) is 0 Å². The van der Waals surface area contributed by atoms with Gasteiger partial charge >= 0.3 is 0 Å². The lowest BCUT2D eigenvalue weighted by atomic mass is 10.0. The van der Waals surface area contributed by atoms with Crippen molar-refractivity contribution in [2.45, 2.75) is 12.8 Å². The Morgan fingerprint density at radius 3 is 2.55 bits per heavy atom. The third-order valence-corrected chi connectivity index (χ3v) is 3.35. The van der Waals surface area contributed by atoms with Crippen molar-refractivity contribution in [3.63, 3.8) is 0 Å². The summed E-state index contributed by atoms with van der Waals surface area (Å²) in [5.41, 5.74) is 1.54. The second-order valence-electron chi connectivity index (χ2n) is 4.47. The van der Waals surface area contributed by atoms with Gasteiger partial charge in [-0.2, -0.15) is 0 Å². The van der Waals surface area contributed by atoms with Gasteiger partial charge in [-0.15, -0.1) is 0 Å². The Morgan fingerprint density at radius 2 is 1.90 bits per heavy atom. The maximum absolute atomic E-state index is 12.3. The second-order valence-corrected chi connectivity index (χ2v) is 4.90. The molecule has 0 radical (unpaired) electrons. The molecule has 0 heterocycles. The summed E-state index contributed by atoms with van der Waals surface area (Å²) in [5.74, 6) is 0.236. The first-order valence-electron chi connectivity index (χ1n) is 6.31. The molecule has 1 atom stereocenters. The number of hydrogen-bond acceptors (Lipinski definition) is 2. The number of amides is 1. The van der Waals surface area contributed by atoms with Crippen molar-refractivity contribution in [1.29, 1.82) is 0 Å². The average Bonchev–Trinajstić information content (AvgIpc) is 2.47. The van der Waals surface area contributed by atoms with Gasteiger partial charge in [-0.1, -0.05) is 41.9 Å². The molecule has 2 rings (SSSR count). The van der Waals surface area contributed by atoms with E-state index >= 15 is 0 Å². The number of halogens is 1. The van der Waals surface area contributed by atoms with Gasteiger partial charge in [0.15, 0.2) is 0 Å². The summed E-state index contributed by atoms with van der Waals surface area (Å²) in [5, 5.41) is 3.40. The maximum Gasteiger partial charge on any atom is 0.231 e. The molecule has 1 N–H and O–H groups in total. The van der Waals surface area contributed by atoms with Crippen LogP contribution in [0.5, 0.6) is 5.75 Å². The standard InChI is InChI=1S/C16H16ClNO2/c1-11(12-6-4-3-5-7-12)16(19)18-14-10-13(17)8-9-15(14)20-2/h3-11H,1-2H3,(H,18,19). The van der Waals surface area contributed by atoms with E-state index in [9.17, 15) is 4.79 Å². The lowest BCUT2D eigenvalue weighted by molar-refractivity contribution is -0.117. The molecule has 0 spiro atoms. The topological polar surface area (TPSA) is 38.3 Å². The number of anilines is 1. The molecule has 0 bridgehead atoms. The lowest BCUT2D eigenvalue weighted by Crippen LogP contribution is -2.19. The second kappa shape index (κ2) is 6.44. The van der Waals surface area contributed by atoms with Crippen molar-refractivity contribution in [1.82, 2.24) is 0 Å². The van der Waals surface area contributed by atoms with E-state index in [4.69, 9.17) is 16.3 Å². The normalized spacial score (nSPS) is 11.8. The summed E-state index contributed by atoms with van der Waals surface area (Å²) in [4.78, 5) is 12.3. The van der Waals surface area contributed by atoms with E-state index in [1.807, 2.05) is 37.3 Å². The summed E-state index contributed by atoms with van der Waals surface area (Å²) in [6, 6.07) is 14.7. The summed E-state index contributed by atoms with van der Waals surface area (Å²) < 4.78 is 5.21. The van der Waals surface area contributed by atoms with Gasteiger partial charge in [-0.05, 0) is 30.7 Å². The Balaban J connectivity index is 2.18. The molecule has 4 heteroatoms. The van der Waals surface area contributed by atoms with Crippen LogP contribution >= 0.6 is 11.6 Å². The number of ether oxygens (including phenoxy) is 1. The van der Waals surface area contributed by atoms with Crippen LogP contribution in [0.15, 0.2) is 48.5 Å². The van der Waals surface area contributed by atoms with Crippen molar-refractivity contribution >= 4 is 23.2 Å². The van der Waals surface area contributed by atoms with Crippen LogP contribution in [-0.2, 0) is 4.79 Å². The molecular formula is C16H16ClNO2. The minimum absolute atomic E-state index is 0.100. The minimum Gasteiger partial charge on any atom is -0.495 e. The van der Waals surface area contributed by atoms with Gasteiger partial charge in [-0.3, -0.25) is 4.79 Å². The number of rotatable bonds is 4. The molecule has 0 aliphatic carbocycles. The molecule has 2 aromatic rings. The summed E-state index contributed by atoms with van der Waals surface area (Å²) in [6.07, 6.45) is 0. The predicted octanol–water partition coefficient (Wildman–Crippen LogP) is 4.09. The summed E-state index contributed by atoms with van der Waals surface area (Å²) in [6.45, 7) is 1.86. The molecular weight excluding hydrogens is 274 g/mol. The minimum atomic E-state index is -0.250. The van der Waals surface area contributed by atoms with Crippen LogP contribution in [0.1, 0.15) is 18.4 Å². The maximum atomic E-state index is 12.3. The number of nitrogens with one attached hydrogen (secondary N) is 1. The summed E-state index contributed by atoms with van der Waals surface area (Å²) >= 11 is 5.95.